The molecule has 0 aromatic rings. The van der Waals surface area contributed by atoms with E-state index in [0.717, 1.165) is 6.42 Å². The standard InChI is InChI=1S/C16H31BrO.H3N/c1-5-6-7-8-9-10-11-12-13-14(2)16(4,17)15(3)18;/h14H,5-13H2,1-4H3;1H3. The number of Topliss-reactive ketones (excluding diaryl/α,β-unsaturated/α-hetero) is 1. The summed E-state index contributed by atoms with van der Waals surface area (Å²) >= 11 is 3.57. The number of ketones is 1. The number of carbonyl (C=O) groups excluding carboxylic acids is 1. The molecule has 0 aromatic heterocycles. The van der Waals surface area contributed by atoms with E-state index in [2.05, 4.69) is 29.8 Å². The summed E-state index contributed by atoms with van der Waals surface area (Å²) in [7, 11) is 0. The molecule has 0 bridgehead atoms. The molecule has 0 aliphatic heterocycles. The summed E-state index contributed by atoms with van der Waals surface area (Å²) in [6.07, 6.45) is 12.0. The molecule has 3 N–H and O–H groups in total. The van der Waals surface area contributed by atoms with Crippen LogP contribution in [0.2, 0.25) is 0 Å². The van der Waals surface area contributed by atoms with E-state index < -0.39 is 0 Å². The zero-order valence-electron chi connectivity index (χ0n) is 13.4. The van der Waals surface area contributed by atoms with Crippen LogP contribution in [0.4, 0.5) is 0 Å². The predicted octanol–water partition coefficient (Wildman–Crippen LogP) is 6.06. The average Bonchev–Trinajstić information content (AvgIpc) is 2.32. The first kappa shape index (κ1) is 21.4. The van der Waals surface area contributed by atoms with Crippen LogP contribution in [0.3, 0.4) is 0 Å². The maximum atomic E-state index is 11.5. The molecule has 116 valence electrons. The molecule has 0 saturated carbocycles. The highest BCUT2D eigenvalue weighted by Crippen LogP contribution is 2.32. The second-order valence-corrected chi connectivity index (χ2v) is 7.44. The molecule has 2 unspecified atom stereocenters. The zero-order chi connectivity index (χ0) is 14.0. The van der Waals surface area contributed by atoms with Crippen LogP contribution in [-0.4, -0.2) is 10.1 Å². The molecule has 0 spiro atoms. The van der Waals surface area contributed by atoms with E-state index in [1.54, 1.807) is 6.92 Å². The van der Waals surface area contributed by atoms with Crippen molar-refractivity contribution in [2.45, 2.75) is 89.8 Å². The van der Waals surface area contributed by atoms with Crippen molar-refractivity contribution in [2.75, 3.05) is 0 Å². The van der Waals surface area contributed by atoms with E-state index in [0.29, 0.717) is 5.92 Å². The molecule has 0 heterocycles. The number of unbranched alkanes of at least 4 members (excludes halogenated alkanes) is 7. The lowest BCUT2D eigenvalue weighted by Crippen LogP contribution is -2.33. The van der Waals surface area contributed by atoms with Gasteiger partial charge in [0.15, 0.2) is 0 Å². The summed E-state index contributed by atoms with van der Waals surface area (Å²) in [6, 6.07) is 0. The third-order valence-electron chi connectivity index (χ3n) is 4.10. The smallest absolute Gasteiger partial charge is 0.146 e. The van der Waals surface area contributed by atoms with E-state index in [9.17, 15) is 4.79 Å². The van der Waals surface area contributed by atoms with Gasteiger partial charge in [0.05, 0.1) is 4.32 Å². The molecule has 0 saturated heterocycles. The quantitative estimate of drug-likeness (QED) is 0.368. The van der Waals surface area contributed by atoms with Crippen molar-refractivity contribution in [1.29, 1.82) is 0 Å². The molecule has 0 amide bonds. The lowest BCUT2D eigenvalue weighted by atomic mass is 9.88. The van der Waals surface area contributed by atoms with Crippen molar-refractivity contribution in [3.8, 4) is 0 Å². The van der Waals surface area contributed by atoms with Crippen LogP contribution in [-0.2, 0) is 4.79 Å². The summed E-state index contributed by atoms with van der Waals surface area (Å²) in [5.41, 5.74) is 0. The van der Waals surface area contributed by atoms with Crippen LogP contribution in [0.5, 0.6) is 0 Å². The van der Waals surface area contributed by atoms with Gasteiger partial charge in [-0.15, -0.1) is 0 Å². The number of hydrogen-bond donors (Lipinski definition) is 1. The Kier molecular flexibility index (Phi) is 13.4. The van der Waals surface area contributed by atoms with Gasteiger partial charge in [0.2, 0.25) is 0 Å². The van der Waals surface area contributed by atoms with Gasteiger partial charge in [-0.05, 0) is 26.2 Å². The summed E-state index contributed by atoms with van der Waals surface area (Å²) in [5, 5.41) is 0. The van der Waals surface area contributed by atoms with Crippen molar-refractivity contribution in [2.24, 2.45) is 5.92 Å². The molecule has 2 nitrogen and oxygen atoms in total. The van der Waals surface area contributed by atoms with Gasteiger partial charge in [0.1, 0.15) is 5.78 Å². The van der Waals surface area contributed by atoms with Crippen molar-refractivity contribution < 1.29 is 4.79 Å². The van der Waals surface area contributed by atoms with E-state index in [4.69, 9.17) is 0 Å². The third-order valence-corrected chi connectivity index (χ3v) is 5.44. The Morgan fingerprint density at radius 1 is 1.05 bits per heavy atom. The van der Waals surface area contributed by atoms with Crippen LogP contribution in [0.15, 0.2) is 0 Å². The highest BCUT2D eigenvalue weighted by atomic mass is 79.9. The number of halogens is 1. The molecule has 0 aliphatic rings. The Hall–Kier alpha value is 0.110. The summed E-state index contributed by atoms with van der Waals surface area (Å²) in [5.74, 6) is 0.671. The van der Waals surface area contributed by atoms with Gasteiger partial charge in [-0.3, -0.25) is 4.79 Å². The fraction of sp³-hybridized carbons (Fsp3) is 0.938. The van der Waals surface area contributed by atoms with Gasteiger partial charge in [0, 0.05) is 0 Å². The normalized spacial score (nSPS) is 15.4. The molecule has 19 heavy (non-hydrogen) atoms. The molecule has 2 atom stereocenters. The summed E-state index contributed by atoms with van der Waals surface area (Å²) in [6.45, 7) is 8.12. The van der Waals surface area contributed by atoms with E-state index in [1.165, 1.54) is 51.4 Å². The monoisotopic (exact) mass is 335 g/mol. The second kappa shape index (κ2) is 11.9. The van der Waals surface area contributed by atoms with Crippen molar-refractivity contribution >= 4 is 21.7 Å². The molecule has 0 radical (unpaired) electrons. The predicted molar refractivity (Wildman–Crippen MR) is 89.4 cm³/mol. The highest BCUT2D eigenvalue weighted by molar-refractivity contribution is 9.10. The minimum absolute atomic E-state index is 0. The number of alkyl halides is 1. The maximum Gasteiger partial charge on any atom is 0.146 e. The van der Waals surface area contributed by atoms with Gasteiger partial charge >= 0.3 is 0 Å². The second-order valence-electron chi connectivity index (χ2n) is 5.80. The van der Waals surface area contributed by atoms with E-state index in [-0.39, 0.29) is 16.3 Å². The molecular weight excluding hydrogens is 302 g/mol. The molecule has 0 aromatic carbocycles. The Bertz CT molecular complexity index is 229. The lowest BCUT2D eigenvalue weighted by molar-refractivity contribution is -0.119. The van der Waals surface area contributed by atoms with Gasteiger partial charge in [-0.25, -0.2) is 0 Å². The van der Waals surface area contributed by atoms with Crippen LogP contribution in [0.1, 0.15) is 85.5 Å². The van der Waals surface area contributed by atoms with Crippen LogP contribution in [0.25, 0.3) is 0 Å². The van der Waals surface area contributed by atoms with Gasteiger partial charge in [0.25, 0.3) is 0 Å². The topological polar surface area (TPSA) is 52.1 Å². The van der Waals surface area contributed by atoms with E-state index in [1.807, 2.05) is 6.92 Å². The first-order valence-corrected chi connectivity index (χ1v) is 8.42. The van der Waals surface area contributed by atoms with Gasteiger partial charge in [-0.2, -0.15) is 0 Å². The number of rotatable bonds is 11. The van der Waals surface area contributed by atoms with Crippen molar-refractivity contribution in [3.63, 3.8) is 0 Å². The van der Waals surface area contributed by atoms with Gasteiger partial charge in [-0.1, -0.05) is 81.1 Å². The fourth-order valence-corrected chi connectivity index (χ4v) is 2.43. The number of hydrogen-bond acceptors (Lipinski definition) is 2. The largest absolute Gasteiger partial charge is 0.344 e. The fourth-order valence-electron chi connectivity index (χ4n) is 2.20. The summed E-state index contributed by atoms with van der Waals surface area (Å²) < 4.78 is -0.325. The van der Waals surface area contributed by atoms with Crippen molar-refractivity contribution in [1.82, 2.24) is 6.15 Å². The highest BCUT2D eigenvalue weighted by Gasteiger charge is 2.32. The molecular formula is C16H34BrNO. The Labute approximate surface area is 128 Å². The Morgan fingerprint density at radius 3 is 1.89 bits per heavy atom. The molecule has 0 fully saturated rings. The van der Waals surface area contributed by atoms with E-state index >= 15 is 0 Å². The van der Waals surface area contributed by atoms with Crippen molar-refractivity contribution in [3.05, 3.63) is 0 Å². The molecule has 3 heteroatoms. The zero-order valence-corrected chi connectivity index (χ0v) is 15.0. The SMILES string of the molecule is CCCCCCCCCCC(C)C(C)(Br)C(C)=O.N. The Balaban J connectivity index is 0. The van der Waals surface area contributed by atoms with Crippen LogP contribution < -0.4 is 6.15 Å². The minimum Gasteiger partial charge on any atom is -0.344 e. The third kappa shape index (κ3) is 9.61. The molecule has 0 rings (SSSR count). The maximum absolute atomic E-state index is 11.5. The average molecular weight is 336 g/mol. The van der Waals surface area contributed by atoms with Crippen LogP contribution >= 0.6 is 15.9 Å². The van der Waals surface area contributed by atoms with Gasteiger partial charge < -0.3 is 6.15 Å². The first-order chi connectivity index (χ1) is 8.42. The number of carbonyl (C=O) groups is 1. The Morgan fingerprint density at radius 2 is 1.47 bits per heavy atom. The first-order valence-electron chi connectivity index (χ1n) is 7.62. The molecule has 0 aliphatic carbocycles. The summed E-state index contributed by atoms with van der Waals surface area (Å²) in [4.78, 5) is 11.5. The van der Waals surface area contributed by atoms with Crippen LogP contribution in [0, 0.1) is 5.92 Å². The minimum atomic E-state index is -0.325. The lowest BCUT2D eigenvalue weighted by Gasteiger charge is -2.27.